The highest BCUT2D eigenvalue weighted by Crippen LogP contribution is 2.42. The van der Waals surface area contributed by atoms with Gasteiger partial charge in [0.25, 0.3) is 5.91 Å². The molecule has 1 unspecified atom stereocenters. The van der Waals surface area contributed by atoms with E-state index in [0.29, 0.717) is 24.5 Å². The van der Waals surface area contributed by atoms with Gasteiger partial charge in [-0.2, -0.15) is 0 Å². The maximum Gasteiger partial charge on any atom is 0.254 e. The zero-order valence-electron chi connectivity index (χ0n) is 15.9. The van der Waals surface area contributed by atoms with Crippen molar-refractivity contribution in [1.29, 1.82) is 0 Å². The van der Waals surface area contributed by atoms with Gasteiger partial charge in [-0.05, 0) is 59.3 Å². The highest BCUT2D eigenvalue weighted by Gasteiger charge is 2.34. The number of carbonyl (C=O) groups is 1. The molecule has 4 nitrogen and oxygen atoms in total. The number of fused-ring (bicyclic) bond motifs is 1. The number of hydrogen-bond acceptors (Lipinski definition) is 4. The zero-order valence-corrected chi connectivity index (χ0v) is 16.8. The number of hydrogen-bond donors (Lipinski definition) is 0. The van der Waals surface area contributed by atoms with E-state index >= 15 is 0 Å². The standard InChI is InChI=1S/C22H19F2NO3S/c1-27-18-11-13-7-8-25(22(26)14-5-6-16(23)17(24)10-14)21(20-4-3-9-29-20)15(13)12-19(18)28-2/h3-6,9-12,21H,7-8H2,1-2H3. The minimum absolute atomic E-state index is 0.120. The van der Waals surface area contributed by atoms with Crippen LogP contribution < -0.4 is 9.47 Å². The van der Waals surface area contributed by atoms with Crippen molar-refractivity contribution in [2.24, 2.45) is 0 Å². The molecule has 0 aliphatic carbocycles. The van der Waals surface area contributed by atoms with E-state index < -0.39 is 11.6 Å². The van der Waals surface area contributed by atoms with Gasteiger partial charge in [-0.15, -0.1) is 11.3 Å². The molecular weight excluding hydrogens is 396 g/mol. The first-order chi connectivity index (χ1) is 14.0. The van der Waals surface area contributed by atoms with Gasteiger partial charge in [0.15, 0.2) is 23.1 Å². The molecule has 1 aliphatic rings. The van der Waals surface area contributed by atoms with Crippen LogP contribution in [0.25, 0.3) is 0 Å². The lowest BCUT2D eigenvalue weighted by molar-refractivity contribution is 0.0696. The number of amides is 1. The van der Waals surface area contributed by atoms with Crippen LogP contribution in [0.15, 0.2) is 47.8 Å². The summed E-state index contributed by atoms with van der Waals surface area (Å²) in [5, 5.41) is 1.95. The summed E-state index contributed by atoms with van der Waals surface area (Å²) < 4.78 is 37.9. The van der Waals surface area contributed by atoms with Crippen molar-refractivity contribution < 1.29 is 23.0 Å². The van der Waals surface area contributed by atoms with Crippen molar-refractivity contribution in [3.05, 3.63) is 81.0 Å². The van der Waals surface area contributed by atoms with Crippen molar-refractivity contribution >= 4 is 17.2 Å². The zero-order chi connectivity index (χ0) is 20.5. The Balaban J connectivity index is 1.81. The molecule has 7 heteroatoms. The summed E-state index contributed by atoms with van der Waals surface area (Å²) in [5.74, 6) is -1.14. The first kappa shape index (κ1) is 19.4. The highest BCUT2D eigenvalue weighted by molar-refractivity contribution is 7.10. The van der Waals surface area contributed by atoms with E-state index in [4.69, 9.17) is 9.47 Å². The molecular formula is C22H19F2NO3S. The van der Waals surface area contributed by atoms with Crippen LogP contribution in [0, 0.1) is 11.6 Å². The summed E-state index contributed by atoms with van der Waals surface area (Å²) in [6, 6.07) is 10.6. The number of thiophene rings is 1. The second-order valence-corrected chi connectivity index (χ2v) is 7.68. The second kappa shape index (κ2) is 7.83. The van der Waals surface area contributed by atoms with Gasteiger partial charge in [0.1, 0.15) is 0 Å². The van der Waals surface area contributed by atoms with Gasteiger partial charge < -0.3 is 14.4 Å². The number of ether oxygens (including phenoxy) is 2. The molecule has 29 heavy (non-hydrogen) atoms. The first-order valence-electron chi connectivity index (χ1n) is 9.07. The van der Waals surface area contributed by atoms with Gasteiger partial charge >= 0.3 is 0 Å². The number of benzene rings is 2. The normalized spacial score (nSPS) is 15.7. The Kier molecular flexibility index (Phi) is 5.24. The van der Waals surface area contributed by atoms with E-state index in [1.807, 2.05) is 29.6 Å². The molecule has 0 bridgehead atoms. The third kappa shape index (κ3) is 3.46. The van der Waals surface area contributed by atoms with E-state index in [0.717, 1.165) is 28.1 Å². The largest absolute Gasteiger partial charge is 0.493 e. The molecule has 3 aromatic rings. The van der Waals surface area contributed by atoms with E-state index in [9.17, 15) is 13.6 Å². The van der Waals surface area contributed by atoms with Crippen LogP contribution in [-0.2, 0) is 6.42 Å². The Morgan fingerprint density at radius 2 is 1.83 bits per heavy atom. The van der Waals surface area contributed by atoms with Crippen LogP contribution in [0.5, 0.6) is 11.5 Å². The molecule has 150 valence electrons. The number of halogens is 2. The van der Waals surface area contributed by atoms with E-state index in [2.05, 4.69) is 0 Å². The Labute approximate surface area is 171 Å². The quantitative estimate of drug-likeness (QED) is 0.613. The van der Waals surface area contributed by atoms with Crippen LogP contribution in [0.1, 0.15) is 32.4 Å². The molecule has 1 atom stereocenters. The maximum absolute atomic E-state index is 13.7. The average molecular weight is 415 g/mol. The number of carbonyl (C=O) groups excluding carboxylic acids is 1. The first-order valence-corrected chi connectivity index (χ1v) is 9.95. The lowest BCUT2D eigenvalue weighted by atomic mass is 9.90. The molecule has 0 fully saturated rings. The van der Waals surface area contributed by atoms with Crippen LogP contribution >= 0.6 is 11.3 Å². The van der Waals surface area contributed by atoms with Gasteiger partial charge in [-0.1, -0.05) is 6.07 Å². The number of methoxy groups -OCH3 is 2. The number of rotatable bonds is 4. The SMILES string of the molecule is COc1cc2c(cc1OC)C(c1cccs1)N(C(=O)c1ccc(F)c(F)c1)CC2. The predicted octanol–water partition coefficient (Wildman–Crippen LogP) is 4.83. The van der Waals surface area contributed by atoms with E-state index in [1.165, 1.54) is 17.4 Å². The average Bonchev–Trinajstić information content (AvgIpc) is 3.27. The molecule has 1 aliphatic heterocycles. The number of nitrogens with zero attached hydrogens (tertiary/aromatic N) is 1. The Morgan fingerprint density at radius 1 is 1.07 bits per heavy atom. The molecule has 0 spiro atoms. The van der Waals surface area contributed by atoms with Gasteiger partial charge in [0.2, 0.25) is 0 Å². The Morgan fingerprint density at radius 3 is 2.48 bits per heavy atom. The third-order valence-corrected chi connectivity index (χ3v) is 6.04. The molecule has 1 aromatic heterocycles. The van der Waals surface area contributed by atoms with Crippen LogP contribution in [0.2, 0.25) is 0 Å². The van der Waals surface area contributed by atoms with E-state index in [-0.39, 0.29) is 17.5 Å². The van der Waals surface area contributed by atoms with Gasteiger partial charge in [0.05, 0.1) is 20.3 Å². The van der Waals surface area contributed by atoms with Crippen molar-refractivity contribution in [2.75, 3.05) is 20.8 Å². The van der Waals surface area contributed by atoms with Crippen molar-refractivity contribution in [2.45, 2.75) is 12.5 Å². The summed E-state index contributed by atoms with van der Waals surface area (Å²) in [5.41, 5.74) is 2.12. The lowest BCUT2D eigenvalue weighted by Crippen LogP contribution is -2.40. The molecule has 1 amide bonds. The minimum atomic E-state index is -1.03. The Hall–Kier alpha value is -2.93. The molecule has 4 rings (SSSR count). The molecule has 0 saturated carbocycles. The fraction of sp³-hybridized carbons (Fsp3) is 0.227. The smallest absolute Gasteiger partial charge is 0.254 e. The van der Waals surface area contributed by atoms with E-state index in [1.54, 1.807) is 19.1 Å². The minimum Gasteiger partial charge on any atom is -0.493 e. The topological polar surface area (TPSA) is 38.8 Å². The molecule has 2 heterocycles. The van der Waals surface area contributed by atoms with Crippen molar-refractivity contribution in [3.63, 3.8) is 0 Å². The summed E-state index contributed by atoms with van der Waals surface area (Å²) >= 11 is 1.54. The van der Waals surface area contributed by atoms with Crippen LogP contribution in [-0.4, -0.2) is 31.6 Å². The van der Waals surface area contributed by atoms with Crippen molar-refractivity contribution in [1.82, 2.24) is 4.90 Å². The summed E-state index contributed by atoms with van der Waals surface area (Å²) in [6.07, 6.45) is 0.618. The second-order valence-electron chi connectivity index (χ2n) is 6.70. The lowest BCUT2D eigenvalue weighted by Gasteiger charge is -2.37. The molecule has 0 N–H and O–H groups in total. The molecule has 2 aromatic carbocycles. The fourth-order valence-electron chi connectivity index (χ4n) is 3.71. The monoisotopic (exact) mass is 415 g/mol. The van der Waals surface area contributed by atoms with Crippen LogP contribution in [0.3, 0.4) is 0 Å². The maximum atomic E-state index is 13.7. The summed E-state index contributed by atoms with van der Waals surface area (Å²) in [4.78, 5) is 15.9. The fourth-order valence-corrected chi connectivity index (χ4v) is 4.57. The summed E-state index contributed by atoms with van der Waals surface area (Å²) in [7, 11) is 3.15. The highest BCUT2D eigenvalue weighted by atomic mass is 32.1. The summed E-state index contributed by atoms with van der Waals surface area (Å²) in [6.45, 7) is 0.447. The van der Waals surface area contributed by atoms with Gasteiger partial charge in [-0.25, -0.2) is 8.78 Å². The molecule has 0 radical (unpaired) electrons. The third-order valence-electron chi connectivity index (χ3n) is 5.11. The molecule has 0 saturated heterocycles. The Bertz CT molecular complexity index is 1050. The van der Waals surface area contributed by atoms with Gasteiger partial charge in [0, 0.05) is 17.0 Å². The van der Waals surface area contributed by atoms with Crippen molar-refractivity contribution in [3.8, 4) is 11.5 Å². The predicted molar refractivity (Wildman–Crippen MR) is 107 cm³/mol. The van der Waals surface area contributed by atoms with Crippen LogP contribution in [0.4, 0.5) is 8.78 Å². The van der Waals surface area contributed by atoms with Gasteiger partial charge in [-0.3, -0.25) is 4.79 Å².